The van der Waals surface area contributed by atoms with E-state index in [1.165, 1.54) is 12.3 Å². The second kappa shape index (κ2) is 5.72. The summed E-state index contributed by atoms with van der Waals surface area (Å²) in [5, 5.41) is 3.37. The van der Waals surface area contributed by atoms with Crippen LogP contribution in [0.3, 0.4) is 0 Å². The van der Waals surface area contributed by atoms with Gasteiger partial charge in [0, 0.05) is 17.7 Å². The highest BCUT2D eigenvalue weighted by atomic mass is 19.1. The third-order valence-electron chi connectivity index (χ3n) is 1.52. The molecule has 0 aliphatic heterocycles. The molecule has 0 spiro atoms. The van der Waals surface area contributed by atoms with Gasteiger partial charge in [-0.25, -0.2) is 4.98 Å². The number of rotatable bonds is 4. The zero-order chi connectivity index (χ0) is 10.2. The molecule has 72 valence electrons. The van der Waals surface area contributed by atoms with Gasteiger partial charge in [-0.2, -0.15) is 4.39 Å². The summed E-state index contributed by atoms with van der Waals surface area (Å²) >= 11 is 0. The minimum atomic E-state index is -0.490. The van der Waals surface area contributed by atoms with Crippen LogP contribution < -0.4 is 0 Å². The SMILES string of the molecule is [N-]=[N+]=NCCC=Cc1ccc(F)nc1. The van der Waals surface area contributed by atoms with Gasteiger partial charge >= 0.3 is 0 Å². The molecular weight excluding hydrogens is 183 g/mol. The quantitative estimate of drug-likeness (QED) is 0.238. The lowest BCUT2D eigenvalue weighted by atomic mass is 10.2. The van der Waals surface area contributed by atoms with E-state index < -0.39 is 5.95 Å². The molecule has 1 aromatic rings. The maximum atomic E-state index is 12.4. The highest BCUT2D eigenvalue weighted by molar-refractivity contribution is 5.47. The van der Waals surface area contributed by atoms with Gasteiger partial charge in [0.05, 0.1) is 0 Å². The average Bonchev–Trinajstić information content (AvgIpc) is 2.21. The highest BCUT2D eigenvalue weighted by Gasteiger charge is 1.89. The van der Waals surface area contributed by atoms with E-state index in [2.05, 4.69) is 15.0 Å². The van der Waals surface area contributed by atoms with Gasteiger partial charge < -0.3 is 0 Å². The lowest BCUT2D eigenvalue weighted by Crippen LogP contribution is -1.81. The van der Waals surface area contributed by atoms with Gasteiger partial charge in [-0.1, -0.05) is 17.3 Å². The second-order valence-electron chi connectivity index (χ2n) is 2.56. The summed E-state index contributed by atoms with van der Waals surface area (Å²) in [6.07, 6.45) is 5.77. The Kier molecular flexibility index (Phi) is 4.17. The van der Waals surface area contributed by atoms with Crippen LogP contribution in [0.25, 0.3) is 16.5 Å². The molecule has 0 saturated heterocycles. The Balaban J connectivity index is 2.43. The first-order valence-corrected chi connectivity index (χ1v) is 4.12. The van der Waals surface area contributed by atoms with Crippen molar-refractivity contribution in [1.82, 2.24) is 4.98 Å². The van der Waals surface area contributed by atoms with E-state index in [9.17, 15) is 4.39 Å². The third kappa shape index (κ3) is 3.69. The number of hydrogen-bond acceptors (Lipinski definition) is 2. The van der Waals surface area contributed by atoms with Crippen molar-refractivity contribution in [3.63, 3.8) is 0 Å². The van der Waals surface area contributed by atoms with Crippen LogP contribution >= 0.6 is 0 Å². The standard InChI is InChI=1S/C9H9FN4/c10-9-5-4-8(7-12-9)3-1-2-6-13-14-11/h1,3-5,7H,2,6H2. The van der Waals surface area contributed by atoms with Crippen molar-refractivity contribution < 1.29 is 4.39 Å². The summed E-state index contributed by atoms with van der Waals surface area (Å²) in [7, 11) is 0. The van der Waals surface area contributed by atoms with Crippen LogP contribution in [-0.2, 0) is 0 Å². The summed E-state index contributed by atoms with van der Waals surface area (Å²) in [5.41, 5.74) is 8.82. The van der Waals surface area contributed by atoms with Gasteiger partial charge in [0.1, 0.15) is 0 Å². The average molecular weight is 192 g/mol. The number of hydrogen-bond donors (Lipinski definition) is 0. The molecule has 4 nitrogen and oxygen atoms in total. The summed E-state index contributed by atoms with van der Waals surface area (Å²) < 4.78 is 12.4. The molecule has 0 aromatic carbocycles. The first-order chi connectivity index (χ1) is 6.83. The predicted octanol–water partition coefficient (Wildman–Crippen LogP) is 2.93. The van der Waals surface area contributed by atoms with Crippen LogP contribution in [0.1, 0.15) is 12.0 Å². The summed E-state index contributed by atoms with van der Waals surface area (Å²) in [4.78, 5) is 6.12. The fraction of sp³-hybridized carbons (Fsp3) is 0.222. The highest BCUT2D eigenvalue weighted by Crippen LogP contribution is 2.02. The molecule has 1 heterocycles. The Morgan fingerprint density at radius 3 is 3.07 bits per heavy atom. The second-order valence-corrected chi connectivity index (χ2v) is 2.56. The number of azide groups is 1. The normalized spacial score (nSPS) is 10.1. The van der Waals surface area contributed by atoms with Gasteiger partial charge in [-0.3, -0.25) is 0 Å². The van der Waals surface area contributed by atoms with Crippen molar-refractivity contribution >= 4 is 6.08 Å². The number of halogens is 1. The fourth-order valence-corrected chi connectivity index (χ4v) is 0.882. The van der Waals surface area contributed by atoms with Crippen molar-refractivity contribution in [3.05, 3.63) is 46.4 Å². The molecule has 5 heteroatoms. The molecule has 0 saturated carbocycles. The molecule has 0 fully saturated rings. The summed E-state index contributed by atoms with van der Waals surface area (Å²) in [6, 6.07) is 2.93. The molecule has 14 heavy (non-hydrogen) atoms. The first kappa shape index (κ1) is 10.2. The first-order valence-electron chi connectivity index (χ1n) is 4.12. The number of pyridine rings is 1. The maximum Gasteiger partial charge on any atom is 0.212 e. The van der Waals surface area contributed by atoms with E-state index in [1.807, 2.05) is 6.08 Å². The Morgan fingerprint density at radius 2 is 2.43 bits per heavy atom. The van der Waals surface area contributed by atoms with Gasteiger partial charge in [-0.15, -0.1) is 0 Å². The molecular formula is C9H9FN4. The predicted molar refractivity (Wildman–Crippen MR) is 51.9 cm³/mol. The van der Waals surface area contributed by atoms with E-state index in [0.29, 0.717) is 13.0 Å². The largest absolute Gasteiger partial charge is 0.228 e. The maximum absolute atomic E-state index is 12.4. The summed E-state index contributed by atoms with van der Waals surface area (Å²) in [6.45, 7) is 0.432. The van der Waals surface area contributed by atoms with Crippen molar-refractivity contribution in [2.45, 2.75) is 6.42 Å². The van der Waals surface area contributed by atoms with Gasteiger partial charge in [-0.05, 0) is 29.6 Å². The van der Waals surface area contributed by atoms with Crippen LogP contribution in [0.5, 0.6) is 0 Å². The molecule has 0 amide bonds. The smallest absolute Gasteiger partial charge is 0.212 e. The Bertz CT molecular complexity index is 352. The van der Waals surface area contributed by atoms with Crippen molar-refractivity contribution in [2.24, 2.45) is 5.11 Å². The van der Waals surface area contributed by atoms with Crippen LogP contribution in [0.4, 0.5) is 4.39 Å². The van der Waals surface area contributed by atoms with Crippen LogP contribution in [0.15, 0.2) is 29.5 Å². The van der Waals surface area contributed by atoms with Crippen LogP contribution in [-0.4, -0.2) is 11.5 Å². The van der Waals surface area contributed by atoms with Crippen LogP contribution in [0, 0.1) is 5.95 Å². The molecule has 0 atom stereocenters. The minimum absolute atomic E-state index is 0.432. The lowest BCUT2D eigenvalue weighted by molar-refractivity contribution is 0.583. The van der Waals surface area contributed by atoms with Gasteiger partial charge in [0.2, 0.25) is 5.95 Å². The number of aromatic nitrogens is 1. The monoisotopic (exact) mass is 192 g/mol. The van der Waals surface area contributed by atoms with E-state index >= 15 is 0 Å². The Labute approximate surface area is 80.7 Å². The van der Waals surface area contributed by atoms with E-state index in [1.54, 1.807) is 12.1 Å². The minimum Gasteiger partial charge on any atom is -0.228 e. The fourth-order valence-electron chi connectivity index (χ4n) is 0.882. The molecule has 0 radical (unpaired) electrons. The zero-order valence-electron chi connectivity index (χ0n) is 7.47. The molecule has 0 unspecified atom stereocenters. The van der Waals surface area contributed by atoms with Gasteiger partial charge in [0.25, 0.3) is 0 Å². The van der Waals surface area contributed by atoms with Crippen molar-refractivity contribution in [1.29, 1.82) is 0 Å². The molecule has 0 aliphatic rings. The third-order valence-corrected chi connectivity index (χ3v) is 1.52. The Hall–Kier alpha value is -1.87. The lowest BCUT2D eigenvalue weighted by Gasteiger charge is -1.91. The van der Waals surface area contributed by atoms with Crippen molar-refractivity contribution in [2.75, 3.05) is 6.54 Å². The molecule has 0 aliphatic carbocycles. The molecule has 0 bridgehead atoms. The molecule has 1 aromatic heterocycles. The number of nitrogens with zero attached hydrogens (tertiary/aromatic N) is 4. The van der Waals surface area contributed by atoms with Gasteiger partial charge in [0.15, 0.2) is 0 Å². The van der Waals surface area contributed by atoms with E-state index in [0.717, 1.165) is 5.56 Å². The van der Waals surface area contributed by atoms with E-state index in [-0.39, 0.29) is 0 Å². The van der Waals surface area contributed by atoms with Crippen molar-refractivity contribution in [3.8, 4) is 0 Å². The zero-order valence-corrected chi connectivity index (χ0v) is 7.47. The van der Waals surface area contributed by atoms with E-state index in [4.69, 9.17) is 5.53 Å². The summed E-state index contributed by atoms with van der Waals surface area (Å²) in [5.74, 6) is -0.490. The topological polar surface area (TPSA) is 61.7 Å². The molecule has 0 N–H and O–H groups in total. The molecule has 1 rings (SSSR count). The van der Waals surface area contributed by atoms with Crippen LogP contribution in [0.2, 0.25) is 0 Å². The Morgan fingerprint density at radius 1 is 1.57 bits per heavy atom.